The minimum Gasteiger partial charge on any atom is -0.406 e. The Morgan fingerprint density at radius 1 is 1.21 bits per heavy atom. The highest BCUT2D eigenvalue weighted by Crippen LogP contribution is 2.35. The molecule has 1 aliphatic rings. The third-order valence-corrected chi connectivity index (χ3v) is 6.35. The number of nitrogens with zero attached hydrogens (tertiary/aromatic N) is 2. The van der Waals surface area contributed by atoms with Crippen LogP contribution in [-0.4, -0.2) is 35.2 Å². The average Bonchev–Trinajstić information content (AvgIpc) is 3.49. The molecule has 4 rings (SSSR count). The van der Waals surface area contributed by atoms with Crippen molar-refractivity contribution < 1.29 is 22.7 Å². The maximum absolute atomic E-state index is 13.5. The van der Waals surface area contributed by atoms with Crippen LogP contribution in [0, 0.1) is 12.8 Å². The number of carbonyl (C=O) groups excluding carboxylic acids is 1. The lowest BCUT2D eigenvalue weighted by Gasteiger charge is -2.22. The van der Waals surface area contributed by atoms with Crippen molar-refractivity contribution in [3.63, 3.8) is 0 Å². The summed E-state index contributed by atoms with van der Waals surface area (Å²) in [5, 5.41) is 0.335. The van der Waals surface area contributed by atoms with Gasteiger partial charge in [0, 0.05) is 13.1 Å². The highest BCUT2D eigenvalue weighted by molar-refractivity contribution is 7.19. The van der Waals surface area contributed by atoms with Crippen molar-refractivity contribution in [2.24, 2.45) is 5.92 Å². The monoisotopic (exact) mass is 475 g/mol. The Morgan fingerprint density at radius 2 is 1.94 bits per heavy atom. The normalized spacial score (nSPS) is 13.7. The van der Waals surface area contributed by atoms with E-state index in [1.54, 1.807) is 17.0 Å². The van der Waals surface area contributed by atoms with E-state index in [0.717, 1.165) is 34.4 Å². The Labute approximate surface area is 194 Å². The highest BCUT2D eigenvalue weighted by Gasteiger charge is 2.31. The fourth-order valence-electron chi connectivity index (χ4n) is 3.62. The zero-order valence-electron chi connectivity index (χ0n) is 18.1. The zero-order valence-corrected chi connectivity index (χ0v) is 18.9. The Hall–Kier alpha value is -3.07. The van der Waals surface area contributed by atoms with E-state index in [4.69, 9.17) is 5.73 Å². The molecule has 33 heavy (non-hydrogen) atoms. The van der Waals surface area contributed by atoms with E-state index in [1.165, 1.54) is 23.5 Å². The van der Waals surface area contributed by atoms with Crippen LogP contribution >= 0.6 is 11.3 Å². The number of thiazole rings is 1. The molecule has 0 saturated heterocycles. The van der Waals surface area contributed by atoms with Gasteiger partial charge in [-0.05, 0) is 55.4 Å². The number of nitrogen functional groups attached to an aromatic ring is 1. The summed E-state index contributed by atoms with van der Waals surface area (Å²) < 4.78 is 41.0. The number of hydrogen-bond acceptors (Lipinski definition) is 5. The van der Waals surface area contributed by atoms with Crippen molar-refractivity contribution >= 4 is 22.4 Å². The van der Waals surface area contributed by atoms with Gasteiger partial charge in [-0.3, -0.25) is 4.79 Å². The molecule has 9 heteroatoms. The van der Waals surface area contributed by atoms with Crippen molar-refractivity contribution in [1.29, 1.82) is 0 Å². The Bertz CT molecular complexity index is 1120. The van der Waals surface area contributed by atoms with Crippen LogP contribution in [0.4, 0.5) is 18.3 Å². The summed E-state index contributed by atoms with van der Waals surface area (Å²) in [4.78, 5) is 20.4. The lowest BCUT2D eigenvalue weighted by molar-refractivity contribution is -0.274. The zero-order chi connectivity index (χ0) is 23.6. The predicted molar refractivity (Wildman–Crippen MR) is 122 cm³/mol. The fourth-order valence-corrected chi connectivity index (χ4v) is 4.44. The summed E-state index contributed by atoms with van der Waals surface area (Å²) in [5.74, 6) is 0.0243. The molecule has 0 aliphatic heterocycles. The Morgan fingerprint density at radius 3 is 2.58 bits per heavy atom. The van der Waals surface area contributed by atoms with Crippen molar-refractivity contribution in [3.05, 3.63) is 65.4 Å². The Kier molecular flexibility index (Phi) is 6.60. The van der Waals surface area contributed by atoms with Crippen molar-refractivity contribution in [3.8, 4) is 16.2 Å². The summed E-state index contributed by atoms with van der Waals surface area (Å²) >= 11 is 1.29. The van der Waals surface area contributed by atoms with E-state index in [1.807, 2.05) is 31.2 Å². The van der Waals surface area contributed by atoms with Gasteiger partial charge in [0.05, 0.1) is 4.88 Å². The van der Waals surface area contributed by atoms with Gasteiger partial charge >= 0.3 is 6.36 Å². The molecular formula is C24H24F3N3O2S. The number of alkyl halides is 3. The first kappa shape index (κ1) is 23.1. The quantitative estimate of drug-likeness (QED) is 0.454. The highest BCUT2D eigenvalue weighted by atomic mass is 32.1. The van der Waals surface area contributed by atoms with Crippen LogP contribution < -0.4 is 10.5 Å². The van der Waals surface area contributed by atoms with Crippen LogP contribution in [0.3, 0.4) is 0 Å². The molecule has 1 aliphatic carbocycles. The molecule has 5 nitrogen and oxygen atoms in total. The predicted octanol–water partition coefficient (Wildman–Crippen LogP) is 5.69. The second kappa shape index (κ2) is 9.43. The standard InChI is InChI=1S/C24H24F3N3O2S/c1-15-3-2-4-18(13-15)21-20(29-23(28)33-21)22(31)30(14-17-5-6-17)12-11-16-7-9-19(10-8-16)32-24(25,26)27/h2-4,7-10,13,17H,5-6,11-12,14H2,1H3,(H2,28,29). The lowest BCUT2D eigenvalue weighted by atomic mass is 10.1. The van der Waals surface area contributed by atoms with E-state index < -0.39 is 6.36 Å². The molecule has 1 aromatic heterocycles. The summed E-state index contributed by atoms with van der Waals surface area (Å²) in [6.45, 7) is 3.04. The van der Waals surface area contributed by atoms with Gasteiger partial charge in [-0.2, -0.15) is 0 Å². The molecule has 3 aromatic rings. The molecule has 1 fully saturated rings. The van der Waals surface area contributed by atoms with Crippen LogP contribution in [0.25, 0.3) is 10.4 Å². The van der Waals surface area contributed by atoms with Gasteiger partial charge in [-0.25, -0.2) is 4.98 Å². The second-order valence-electron chi connectivity index (χ2n) is 8.24. The minimum absolute atomic E-state index is 0.177. The van der Waals surface area contributed by atoms with Crippen LogP contribution in [0.2, 0.25) is 0 Å². The number of hydrogen-bond donors (Lipinski definition) is 1. The van der Waals surface area contributed by atoms with Gasteiger partial charge in [0.1, 0.15) is 11.4 Å². The third kappa shape index (κ3) is 6.25. The van der Waals surface area contributed by atoms with Crippen molar-refractivity contribution in [1.82, 2.24) is 9.88 Å². The first-order valence-electron chi connectivity index (χ1n) is 10.7. The molecule has 2 aromatic carbocycles. The number of ether oxygens (including phenoxy) is 1. The van der Waals surface area contributed by atoms with Crippen LogP contribution in [0.1, 0.15) is 34.5 Å². The SMILES string of the molecule is Cc1cccc(-c2sc(N)nc2C(=O)N(CCc2ccc(OC(F)(F)F)cc2)CC2CC2)c1. The molecule has 174 valence electrons. The minimum atomic E-state index is -4.72. The van der Waals surface area contributed by atoms with Gasteiger partial charge < -0.3 is 15.4 Å². The molecule has 0 spiro atoms. The van der Waals surface area contributed by atoms with Crippen molar-refractivity contribution in [2.75, 3.05) is 18.8 Å². The van der Waals surface area contributed by atoms with Crippen molar-refractivity contribution in [2.45, 2.75) is 32.5 Å². The largest absolute Gasteiger partial charge is 0.573 e. The van der Waals surface area contributed by atoms with E-state index in [2.05, 4.69) is 9.72 Å². The number of carbonyl (C=O) groups is 1. The number of aryl methyl sites for hydroxylation is 1. The average molecular weight is 476 g/mol. The van der Waals surface area contributed by atoms with Gasteiger partial charge in [0.25, 0.3) is 5.91 Å². The summed E-state index contributed by atoms with van der Waals surface area (Å²) in [6, 6.07) is 13.6. The first-order valence-corrected chi connectivity index (χ1v) is 11.5. The molecular weight excluding hydrogens is 451 g/mol. The third-order valence-electron chi connectivity index (χ3n) is 5.42. The van der Waals surface area contributed by atoms with Gasteiger partial charge in [0.2, 0.25) is 0 Å². The number of anilines is 1. The molecule has 1 amide bonds. The number of rotatable bonds is 8. The van der Waals surface area contributed by atoms with Gasteiger partial charge in [0.15, 0.2) is 5.13 Å². The molecule has 0 unspecified atom stereocenters. The topological polar surface area (TPSA) is 68.5 Å². The lowest BCUT2D eigenvalue weighted by Crippen LogP contribution is -2.35. The first-order chi connectivity index (χ1) is 15.7. The van der Waals surface area contributed by atoms with Gasteiger partial charge in [-0.1, -0.05) is 53.3 Å². The number of amides is 1. The maximum atomic E-state index is 13.5. The maximum Gasteiger partial charge on any atom is 0.573 e. The summed E-state index contributed by atoms with van der Waals surface area (Å²) in [7, 11) is 0. The number of aromatic nitrogens is 1. The van der Waals surface area contributed by atoms with E-state index in [9.17, 15) is 18.0 Å². The Balaban J connectivity index is 1.51. The number of halogens is 3. The smallest absolute Gasteiger partial charge is 0.406 e. The van der Waals surface area contributed by atoms with Crippen LogP contribution in [0.5, 0.6) is 5.75 Å². The second-order valence-corrected chi connectivity index (χ2v) is 9.27. The summed E-state index contributed by atoms with van der Waals surface area (Å²) in [6.07, 6.45) is -2.06. The number of benzene rings is 2. The molecule has 0 atom stereocenters. The molecule has 1 saturated carbocycles. The molecule has 0 bridgehead atoms. The van der Waals surface area contributed by atoms with Crippen LogP contribution in [0.15, 0.2) is 48.5 Å². The van der Waals surface area contributed by atoms with E-state index in [-0.39, 0.29) is 11.7 Å². The van der Waals surface area contributed by atoms with E-state index in [0.29, 0.717) is 36.3 Å². The van der Waals surface area contributed by atoms with E-state index >= 15 is 0 Å². The van der Waals surface area contributed by atoms with Gasteiger partial charge in [-0.15, -0.1) is 13.2 Å². The molecule has 2 N–H and O–H groups in total. The fraction of sp³-hybridized carbons (Fsp3) is 0.333. The summed E-state index contributed by atoms with van der Waals surface area (Å²) in [5.41, 5.74) is 9.11. The molecule has 0 radical (unpaired) electrons. The number of nitrogens with two attached hydrogens (primary N) is 1. The van der Waals surface area contributed by atoms with Crippen LogP contribution in [-0.2, 0) is 6.42 Å². The molecule has 1 heterocycles.